The fourth-order valence-electron chi connectivity index (χ4n) is 0.0976. The summed E-state index contributed by atoms with van der Waals surface area (Å²) >= 11 is 10.6. The lowest BCUT2D eigenvalue weighted by Gasteiger charge is -1.87. The van der Waals surface area contributed by atoms with Gasteiger partial charge in [0.15, 0.2) is 0 Å². The Kier molecular flexibility index (Phi) is 4.43. The van der Waals surface area contributed by atoms with E-state index in [1.807, 2.05) is 0 Å². The smallest absolute Gasteiger partial charge is 0.239 e. The van der Waals surface area contributed by atoms with Gasteiger partial charge in [-0.25, -0.2) is 0 Å². The van der Waals surface area contributed by atoms with Gasteiger partial charge in [0.2, 0.25) is 7.42 Å². The molecule has 0 saturated heterocycles. The minimum atomic E-state index is -1.48. The summed E-state index contributed by atoms with van der Waals surface area (Å²) in [4.78, 5) is 0. The first-order chi connectivity index (χ1) is 2.77. The van der Waals surface area contributed by atoms with Crippen molar-refractivity contribution in [2.45, 2.75) is 6.04 Å². The molecule has 0 fully saturated rings. The monoisotopic (exact) mass is 144 g/mol. The van der Waals surface area contributed by atoms with Crippen molar-refractivity contribution in [3.05, 3.63) is 0 Å². The Bertz CT molecular complexity index is 32.7. The van der Waals surface area contributed by atoms with Crippen LogP contribution in [0, 0.1) is 0 Å². The average molecular weight is 145 g/mol. The molecule has 0 spiro atoms. The lowest BCUT2D eigenvalue weighted by Crippen LogP contribution is -1.93. The lowest BCUT2D eigenvalue weighted by molar-refractivity contribution is 0.318. The van der Waals surface area contributed by atoms with Crippen molar-refractivity contribution in [1.29, 1.82) is 0 Å². The molecule has 0 aliphatic heterocycles. The molecule has 0 radical (unpaired) electrons. The zero-order valence-corrected chi connectivity index (χ0v) is 5.86. The number of halogens is 2. The fourth-order valence-corrected chi connectivity index (χ4v) is 0.878. The first-order valence-corrected chi connectivity index (χ1v) is 5.97. The Morgan fingerprint density at radius 2 is 2.00 bits per heavy atom. The zero-order valence-electron chi connectivity index (χ0n) is 3.19. The van der Waals surface area contributed by atoms with E-state index in [-0.39, 0.29) is 6.61 Å². The average Bonchev–Trinajstić information content (AvgIpc) is 1.35. The molecule has 4 heteroatoms. The third-order valence-corrected chi connectivity index (χ3v) is 2.35. The number of hydrogen-bond acceptors (Lipinski definition) is 1. The van der Waals surface area contributed by atoms with Crippen molar-refractivity contribution in [2.75, 3.05) is 6.61 Å². The normalized spacial score (nSPS) is 10.0. The van der Waals surface area contributed by atoms with E-state index in [0.717, 1.165) is 0 Å². The van der Waals surface area contributed by atoms with Crippen molar-refractivity contribution >= 4 is 29.6 Å². The highest BCUT2D eigenvalue weighted by molar-refractivity contribution is 7.33. The predicted octanol–water partition coefficient (Wildman–Crippen LogP) is 0.677. The topological polar surface area (TPSA) is 20.2 Å². The molecular formula is C2H6Cl2OSi. The maximum atomic E-state index is 8.10. The Hall–Kier alpha value is 0.757. The highest BCUT2D eigenvalue weighted by Gasteiger charge is 1.96. The van der Waals surface area contributed by atoms with Crippen LogP contribution in [0.2, 0.25) is 6.04 Å². The molecule has 0 aliphatic rings. The summed E-state index contributed by atoms with van der Waals surface area (Å²) in [6.07, 6.45) is 0. The van der Waals surface area contributed by atoms with Gasteiger partial charge in [0.1, 0.15) is 0 Å². The van der Waals surface area contributed by atoms with Crippen LogP contribution in [0.25, 0.3) is 0 Å². The molecule has 0 heterocycles. The second kappa shape index (κ2) is 3.93. The predicted molar refractivity (Wildman–Crippen MR) is 30.7 cm³/mol. The van der Waals surface area contributed by atoms with Crippen molar-refractivity contribution in [2.24, 2.45) is 0 Å². The van der Waals surface area contributed by atoms with E-state index in [1.165, 1.54) is 0 Å². The molecule has 0 aromatic carbocycles. The highest BCUT2D eigenvalue weighted by atomic mass is 35.7. The minimum absolute atomic E-state index is 0.129. The van der Waals surface area contributed by atoms with E-state index in [9.17, 15) is 0 Å². The molecule has 0 unspecified atom stereocenters. The van der Waals surface area contributed by atoms with Gasteiger partial charge in [-0.05, 0) is 6.04 Å². The number of hydrogen-bond donors (Lipinski definition) is 1. The maximum absolute atomic E-state index is 8.10. The highest BCUT2D eigenvalue weighted by Crippen LogP contribution is 1.99. The number of rotatable bonds is 2. The molecule has 0 atom stereocenters. The standard InChI is InChI=1S/C2H6Cl2OSi/c3-6(4)2-1-5/h5-6H,1-2H2. The number of aliphatic hydroxyl groups excluding tert-OH is 1. The summed E-state index contributed by atoms with van der Waals surface area (Å²) in [6.45, 7) is 0.129. The molecule has 0 rings (SSSR count). The molecule has 0 aromatic rings. The molecule has 0 amide bonds. The first kappa shape index (κ1) is 6.76. The van der Waals surface area contributed by atoms with E-state index in [2.05, 4.69) is 0 Å². The second-order valence-corrected chi connectivity index (χ2v) is 6.09. The van der Waals surface area contributed by atoms with Gasteiger partial charge in [-0.15, -0.1) is 0 Å². The van der Waals surface area contributed by atoms with Crippen LogP contribution in [-0.2, 0) is 0 Å². The van der Waals surface area contributed by atoms with E-state index in [0.29, 0.717) is 6.04 Å². The summed E-state index contributed by atoms with van der Waals surface area (Å²) in [5.74, 6) is 0. The van der Waals surface area contributed by atoms with Gasteiger partial charge in [-0.2, -0.15) is 22.2 Å². The van der Waals surface area contributed by atoms with Crippen LogP contribution in [0.15, 0.2) is 0 Å². The largest absolute Gasteiger partial charge is 0.397 e. The molecule has 6 heavy (non-hydrogen) atoms. The van der Waals surface area contributed by atoms with Gasteiger partial charge < -0.3 is 5.11 Å². The maximum Gasteiger partial charge on any atom is 0.239 e. The quantitative estimate of drug-likeness (QED) is 0.447. The third kappa shape index (κ3) is 4.76. The van der Waals surface area contributed by atoms with Gasteiger partial charge >= 0.3 is 0 Å². The van der Waals surface area contributed by atoms with Crippen LogP contribution in [0.4, 0.5) is 0 Å². The van der Waals surface area contributed by atoms with Crippen LogP contribution < -0.4 is 0 Å². The molecule has 0 aromatic heterocycles. The Balaban J connectivity index is 2.63. The molecule has 1 nitrogen and oxygen atoms in total. The Morgan fingerprint density at radius 3 is 2.00 bits per heavy atom. The summed E-state index contributed by atoms with van der Waals surface area (Å²) in [5.41, 5.74) is 0. The van der Waals surface area contributed by atoms with Crippen LogP contribution >= 0.6 is 22.2 Å². The van der Waals surface area contributed by atoms with Gasteiger partial charge in [-0.1, -0.05) is 0 Å². The van der Waals surface area contributed by atoms with Crippen LogP contribution in [0.1, 0.15) is 0 Å². The van der Waals surface area contributed by atoms with E-state index in [1.54, 1.807) is 0 Å². The zero-order chi connectivity index (χ0) is 4.99. The molecule has 0 saturated carbocycles. The fraction of sp³-hybridized carbons (Fsp3) is 1.00. The van der Waals surface area contributed by atoms with E-state index < -0.39 is 7.42 Å². The Morgan fingerprint density at radius 1 is 1.50 bits per heavy atom. The van der Waals surface area contributed by atoms with Gasteiger partial charge in [-0.3, -0.25) is 0 Å². The van der Waals surface area contributed by atoms with Crippen LogP contribution in [0.5, 0.6) is 0 Å². The molecular weight excluding hydrogens is 139 g/mol. The summed E-state index contributed by atoms with van der Waals surface area (Å²) in [7, 11) is -1.48. The number of aliphatic hydroxyl groups is 1. The van der Waals surface area contributed by atoms with Gasteiger partial charge in [0.05, 0.1) is 0 Å². The second-order valence-electron chi connectivity index (χ2n) is 0.903. The molecule has 38 valence electrons. The lowest BCUT2D eigenvalue weighted by atomic mass is 10.9. The van der Waals surface area contributed by atoms with Crippen molar-refractivity contribution < 1.29 is 5.11 Å². The minimum Gasteiger partial charge on any atom is -0.397 e. The van der Waals surface area contributed by atoms with Crippen molar-refractivity contribution in [3.63, 3.8) is 0 Å². The molecule has 1 N–H and O–H groups in total. The summed E-state index contributed by atoms with van der Waals surface area (Å²) in [6, 6.07) is 0.600. The molecule has 0 aliphatic carbocycles. The SMILES string of the molecule is OCC[SiH](Cl)Cl. The van der Waals surface area contributed by atoms with Gasteiger partial charge in [0, 0.05) is 6.61 Å². The summed E-state index contributed by atoms with van der Waals surface area (Å²) in [5, 5.41) is 8.10. The van der Waals surface area contributed by atoms with Gasteiger partial charge in [0.25, 0.3) is 0 Å². The first-order valence-electron chi connectivity index (χ1n) is 1.66. The van der Waals surface area contributed by atoms with E-state index in [4.69, 9.17) is 27.3 Å². The van der Waals surface area contributed by atoms with Crippen LogP contribution in [-0.4, -0.2) is 19.1 Å². The molecule has 0 bridgehead atoms. The van der Waals surface area contributed by atoms with E-state index >= 15 is 0 Å². The van der Waals surface area contributed by atoms with Crippen molar-refractivity contribution in [3.8, 4) is 0 Å². The van der Waals surface area contributed by atoms with Crippen LogP contribution in [0.3, 0.4) is 0 Å². The summed E-state index contributed by atoms with van der Waals surface area (Å²) < 4.78 is 0. The van der Waals surface area contributed by atoms with Crippen molar-refractivity contribution in [1.82, 2.24) is 0 Å². The Labute approximate surface area is 47.9 Å². The third-order valence-electron chi connectivity index (χ3n) is 0.347.